The van der Waals surface area contributed by atoms with E-state index in [1.165, 1.54) is 0 Å². The van der Waals surface area contributed by atoms with Crippen molar-refractivity contribution in [2.75, 3.05) is 13.1 Å². The number of aliphatic carboxylic acids is 1. The number of carbonyl (C=O) groups excluding carboxylic acids is 1. The molecule has 2 aliphatic rings. The Morgan fingerprint density at radius 3 is 2.52 bits per heavy atom. The molecule has 0 spiro atoms. The number of carbonyl (C=O) groups is 2. The second-order valence-corrected chi connectivity index (χ2v) is 6.27. The van der Waals surface area contributed by atoms with Gasteiger partial charge in [0, 0.05) is 19.0 Å². The topological polar surface area (TPSA) is 83.6 Å². The standard InChI is InChI=1S/C16H20N2O3/c1-10-4-2-3-5-11(10)12-8-18(9-13(12)14(19)20)15(21)16(17)6-7-16/h2-5,12-13H,6-9,17H2,1H3,(H,19,20)/t12-,13+/m0/s1. The molecule has 0 bridgehead atoms. The summed E-state index contributed by atoms with van der Waals surface area (Å²) in [6.45, 7) is 2.68. The summed E-state index contributed by atoms with van der Waals surface area (Å²) in [5.74, 6) is -1.65. The second kappa shape index (κ2) is 4.84. The summed E-state index contributed by atoms with van der Waals surface area (Å²) in [6.07, 6.45) is 1.41. The maximum absolute atomic E-state index is 12.4. The van der Waals surface area contributed by atoms with Crippen LogP contribution in [0.1, 0.15) is 29.9 Å². The van der Waals surface area contributed by atoms with Gasteiger partial charge in [0.05, 0.1) is 11.5 Å². The summed E-state index contributed by atoms with van der Waals surface area (Å²) >= 11 is 0. The average Bonchev–Trinajstić information content (AvgIpc) is 3.04. The van der Waals surface area contributed by atoms with Gasteiger partial charge in [0.15, 0.2) is 0 Å². The SMILES string of the molecule is Cc1ccccc1[C@@H]1CN(C(=O)C2(N)CC2)C[C@H]1C(=O)O. The third-order valence-corrected chi connectivity index (χ3v) is 4.73. The molecule has 0 radical (unpaired) electrons. The molecule has 1 aromatic carbocycles. The Kier molecular flexibility index (Phi) is 3.24. The maximum Gasteiger partial charge on any atom is 0.308 e. The molecule has 3 N–H and O–H groups in total. The maximum atomic E-state index is 12.4. The van der Waals surface area contributed by atoms with Gasteiger partial charge in [-0.3, -0.25) is 9.59 Å². The van der Waals surface area contributed by atoms with Gasteiger partial charge in [-0.05, 0) is 30.9 Å². The lowest BCUT2D eigenvalue weighted by atomic mass is 9.86. The van der Waals surface area contributed by atoms with Gasteiger partial charge in [-0.25, -0.2) is 0 Å². The van der Waals surface area contributed by atoms with Gasteiger partial charge in [-0.2, -0.15) is 0 Å². The van der Waals surface area contributed by atoms with Crippen LogP contribution in [0.25, 0.3) is 0 Å². The molecule has 1 saturated carbocycles. The Bertz CT molecular complexity index is 595. The second-order valence-electron chi connectivity index (χ2n) is 6.27. The summed E-state index contributed by atoms with van der Waals surface area (Å²) < 4.78 is 0. The number of hydrogen-bond acceptors (Lipinski definition) is 3. The van der Waals surface area contributed by atoms with E-state index in [0.29, 0.717) is 19.4 Å². The zero-order valence-corrected chi connectivity index (χ0v) is 12.1. The fourth-order valence-corrected chi connectivity index (χ4v) is 3.20. The summed E-state index contributed by atoms with van der Waals surface area (Å²) in [5, 5.41) is 9.48. The Morgan fingerprint density at radius 2 is 1.95 bits per heavy atom. The van der Waals surface area contributed by atoms with Crippen molar-refractivity contribution >= 4 is 11.9 Å². The van der Waals surface area contributed by atoms with Crippen LogP contribution in [0, 0.1) is 12.8 Å². The fourth-order valence-electron chi connectivity index (χ4n) is 3.20. The van der Waals surface area contributed by atoms with Crippen LogP contribution in [0.2, 0.25) is 0 Å². The third-order valence-electron chi connectivity index (χ3n) is 4.73. The van der Waals surface area contributed by atoms with Crippen LogP contribution in [0.3, 0.4) is 0 Å². The average molecular weight is 288 g/mol. The first-order valence-electron chi connectivity index (χ1n) is 7.29. The molecule has 5 heteroatoms. The molecular formula is C16H20N2O3. The van der Waals surface area contributed by atoms with Gasteiger partial charge in [-0.1, -0.05) is 24.3 Å². The highest BCUT2D eigenvalue weighted by Crippen LogP contribution is 2.39. The lowest BCUT2D eigenvalue weighted by molar-refractivity contribution is -0.142. The highest BCUT2D eigenvalue weighted by molar-refractivity contribution is 5.90. The van der Waals surface area contributed by atoms with Gasteiger partial charge in [-0.15, -0.1) is 0 Å². The van der Waals surface area contributed by atoms with Crippen LogP contribution in [-0.4, -0.2) is 40.5 Å². The quantitative estimate of drug-likeness (QED) is 0.873. The smallest absolute Gasteiger partial charge is 0.308 e. The number of amides is 1. The van der Waals surface area contributed by atoms with Crippen LogP contribution in [0.4, 0.5) is 0 Å². The Hall–Kier alpha value is -1.88. The van der Waals surface area contributed by atoms with E-state index in [-0.39, 0.29) is 18.4 Å². The zero-order chi connectivity index (χ0) is 15.2. The molecule has 112 valence electrons. The lowest BCUT2D eigenvalue weighted by Gasteiger charge is -2.20. The first kappa shape index (κ1) is 14.1. The molecule has 2 atom stereocenters. The minimum Gasteiger partial charge on any atom is -0.481 e. The number of rotatable bonds is 3. The number of carboxylic acid groups (broad SMARTS) is 1. The van der Waals surface area contributed by atoms with Crippen LogP contribution in [-0.2, 0) is 9.59 Å². The van der Waals surface area contributed by atoms with Gasteiger partial charge < -0.3 is 15.7 Å². The molecule has 0 unspecified atom stereocenters. The van der Waals surface area contributed by atoms with E-state index >= 15 is 0 Å². The van der Waals surface area contributed by atoms with E-state index < -0.39 is 17.4 Å². The van der Waals surface area contributed by atoms with Crippen molar-refractivity contribution in [3.8, 4) is 0 Å². The molecule has 1 aliphatic heterocycles. The van der Waals surface area contributed by atoms with Gasteiger partial charge >= 0.3 is 5.97 Å². The molecule has 1 amide bonds. The molecule has 1 aromatic rings. The molecule has 1 aliphatic carbocycles. The van der Waals surface area contributed by atoms with Crippen LogP contribution < -0.4 is 5.73 Å². The number of nitrogens with zero attached hydrogens (tertiary/aromatic N) is 1. The number of hydrogen-bond donors (Lipinski definition) is 2. The van der Waals surface area contributed by atoms with E-state index in [1.54, 1.807) is 4.90 Å². The molecule has 21 heavy (non-hydrogen) atoms. The normalized spacial score (nSPS) is 26.7. The van der Waals surface area contributed by atoms with Crippen molar-refractivity contribution in [1.82, 2.24) is 4.90 Å². The van der Waals surface area contributed by atoms with E-state index in [9.17, 15) is 14.7 Å². The predicted molar refractivity (Wildman–Crippen MR) is 77.8 cm³/mol. The highest BCUT2D eigenvalue weighted by Gasteiger charge is 2.51. The summed E-state index contributed by atoms with van der Waals surface area (Å²) in [4.78, 5) is 25.6. The number of nitrogens with two attached hydrogens (primary N) is 1. The number of benzene rings is 1. The first-order chi connectivity index (χ1) is 9.92. The van der Waals surface area contributed by atoms with E-state index in [4.69, 9.17) is 5.73 Å². The highest BCUT2D eigenvalue weighted by atomic mass is 16.4. The van der Waals surface area contributed by atoms with Crippen LogP contribution in [0.15, 0.2) is 24.3 Å². The molecule has 0 aromatic heterocycles. The fraction of sp³-hybridized carbons (Fsp3) is 0.500. The molecule has 1 saturated heterocycles. The largest absolute Gasteiger partial charge is 0.481 e. The summed E-state index contributed by atoms with van der Waals surface area (Å²) in [6, 6.07) is 7.78. The van der Waals surface area contributed by atoms with Crippen molar-refractivity contribution in [3.05, 3.63) is 35.4 Å². The van der Waals surface area contributed by atoms with Crippen LogP contribution >= 0.6 is 0 Å². The molecule has 1 heterocycles. The number of aryl methyl sites for hydroxylation is 1. The monoisotopic (exact) mass is 288 g/mol. The minimum absolute atomic E-state index is 0.0927. The minimum atomic E-state index is -0.847. The van der Waals surface area contributed by atoms with Crippen molar-refractivity contribution < 1.29 is 14.7 Å². The molecule has 2 fully saturated rings. The first-order valence-corrected chi connectivity index (χ1v) is 7.29. The summed E-state index contributed by atoms with van der Waals surface area (Å²) in [7, 11) is 0. The van der Waals surface area contributed by atoms with Crippen LogP contribution in [0.5, 0.6) is 0 Å². The number of carboxylic acids is 1. The molecule has 3 rings (SSSR count). The van der Waals surface area contributed by atoms with E-state index in [1.807, 2.05) is 31.2 Å². The summed E-state index contributed by atoms with van der Waals surface area (Å²) in [5.41, 5.74) is 7.32. The number of likely N-dealkylation sites (tertiary alicyclic amines) is 1. The van der Waals surface area contributed by atoms with Gasteiger partial charge in [0.25, 0.3) is 0 Å². The molecule has 5 nitrogen and oxygen atoms in total. The third kappa shape index (κ3) is 2.42. The molecular weight excluding hydrogens is 268 g/mol. The van der Waals surface area contributed by atoms with Crippen molar-refractivity contribution in [3.63, 3.8) is 0 Å². The lowest BCUT2D eigenvalue weighted by Crippen LogP contribution is -2.44. The Balaban J connectivity index is 1.87. The zero-order valence-electron chi connectivity index (χ0n) is 12.1. The Morgan fingerprint density at radius 1 is 1.29 bits per heavy atom. The van der Waals surface area contributed by atoms with E-state index in [2.05, 4.69) is 0 Å². The Labute approximate surface area is 123 Å². The van der Waals surface area contributed by atoms with Gasteiger partial charge in [0.1, 0.15) is 0 Å². The van der Waals surface area contributed by atoms with Crippen molar-refractivity contribution in [2.24, 2.45) is 11.7 Å². The predicted octanol–water partition coefficient (Wildman–Crippen LogP) is 1.11. The van der Waals surface area contributed by atoms with Crippen molar-refractivity contribution in [2.45, 2.75) is 31.2 Å². The van der Waals surface area contributed by atoms with Crippen molar-refractivity contribution in [1.29, 1.82) is 0 Å². The van der Waals surface area contributed by atoms with Gasteiger partial charge in [0.2, 0.25) is 5.91 Å². The van der Waals surface area contributed by atoms with E-state index in [0.717, 1.165) is 11.1 Å².